The van der Waals surface area contributed by atoms with Crippen LogP contribution in [-0.4, -0.2) is 17.7 Å². The first-order chi connectivity index (χ1) is 16.0. The summed E-state index contributed by atoms with van der Waals surface area (Å²) in [5.74, 6) is 0.472. The van der Waals surface area contributed by atoms with E-state index < -0.39 is 5.97 Å². The van der Waals surface area contributed by atoms with Gasteiger partial charge in [-0.2, -0.15) is 10.5 Å². The maximum atomic E-state index is 12.0. The standard InChI is InChI=1S/C28H32N2O3/c1-3-5-6-7-19-8-10-20(11-9-19)21-12-13-23(28(31)32)24(16-21)22-14-15-27(33-4-2)26(18-30)25(22)17-29/h12-16,19-20H,3-11H2,1-2H3,(H,31,32). The molecule has 0 unspecified atom stereocenters. The Morgan fingerprint density at radius 2 is 1.73 bits per heavy atom. The number of ether oxygens (including phenoxy) is 1. The molecule has 0 saturated heterocycles. The lowest BCUT2D eigenvalue weighted by Gasteiger charge is -2.29. The lowest BCUT2D eigenvalue weighted by molar-refractivity contribution is 0.0697. The SMILES string of the molecule is CCCCCC1CCC(c2ccc(C(=O)O)c(-c3ccc(OCC)c(C#N)c3C#N)c2)CC1. The molecule has 3 rings (SSSR count). The average Bonchev–Trinajstić information content (AvgIpc) is 2.84. The second-order valence-electron chi connectivity index (χ2n) is 8.84. The Bertz CT molecular complexity index is 1070. The van der Waals surface area contributed by atoms with Crippen molar-refractivity contribution in [3.05, 3.63) is 52.6 Å². The number of nitriles is 2. The van der Waals surface area contributed by atoms with Crippen molar-refractivity contribution in [1.29, 1.82) is 10.5 Å². The predicted octanol–water partition coefficient (Wildman–Crippen LogP) is 7.05. The Morgan fingerprint density at radius 3 is 2.33 bits per heavy atom. The molecule has 0 aromatic heterocycles. The third-order valence-electron chi connectivity index (χ3n) is 6.79. The fourth-order valence-corrected chi connectivity index (χ4v) is 5.00. The molecule has 1 aliphatic rings. The van der Waals surface area contributed by atoms with E-state index in [-0.39, 0.29) is 16.7 Å². The smallest absolute Gasteiger partial charge is 0.336 e. The predicted molar refractivity (Wildman–Crippen MR) is 128 cm³/mol. The molecule has 0 atom stereocenters. The summed E-state index contributed by atoms with van der Waals surface area (Å²) < 4.78 is 5.51. The average molecular weight is 445 g/mol. The largest absolute Gasteiger partial charge is 0.492 e. The number of rotatable bonds is 9. The van der Waals surface area contributed by atoms with Crippen LogP contribution in [-0.2, 0) is 0 Å². The highest BCUT2D eigenvalue weighted by Gasteiger charge is 2.25. The number of unbranched alkanes of at least 4 members (excludes halogenated alkanes) is 2. The van der Waals surface area contributed by atoms with E-state index >= 15 is 0 Å². The maximum absolute atomic E-state index is 12.0. The van der Waals surface area contributed by atoms with E-state index in [1.165, 1.54) is 38.5 Å². The molecule has 0 bridgehead atoms. The summed E-state index contributed by atoms with van der Waals surface area (Å²) in [6.07, 6.45) is 9.76. The lowest BCUT2D eigenvalue weighted by Crippen LogP contribution is -2.14. The molecule has 0 radical (unpaired) electrons. The van der Waals surface area contributed by atoms with Crippen LogP contribution in [0.4, 0.5) is 0 Å². The highest BCUT2D eigenvalue weighted by Crippen LogP contribution is 2.40. The molecule has 0 amide bonds. The molecule has 33 heavy (non-hydrogen) atoms. The maximum Gasteiger partial charge on any atom is 0.336 e. The van der Waals surface area contributed by atoms with Crippen LogP contribution < -0.4 is 4.74 Å². The van der Waals surface area contributed by atoms with Gasteiger partial charge >= 0.3 is 5.97 Å². The van der Waals surface area contributed by atoms with Crippen LogP contribution in [0, 0.1) is 28.6 Å². The molecular weight excluding hydrogens is 412 g/mol. The molecule has 2 aromatic carbocycles. The lowest BCUT2D eigenvalue weighted by atomic mass is 9.76. The zero-order valence-electron chi connectivity index (χ0n) is 19.6. The van der Waals surface area contributed by atoms with Gasteiger partial charge in [-0.1, -0.05) is 38.7 Å². The van der Waals surface area contributed by atoms with E-state index in [9.17, 15) is 20.4 Å². The normalized spacial score (nSPS) is 17.7. The van der Waals surface area contributed by atoms with Crippen molar-refractivity contribution < 1.29 is 14.6 Å². The fraction of sp³-hybridized carbons (Fsp3) is 0.464. The van der Waals surface area contributed by atoms with Gasteiger partial charge in [0.25, 0.3) is 0 Å². The summed E-state index contributed by atoms with van der Waals surface area (Å²) in [4.78, 5) is 12.0. The summed E-state index contributed by atoms with van der Waals surface area (Å²) >= 11 is 0. The molecule has 1 fully saturated rings. The fourth-order valence-electron chi connectivity index (χ4n) is 5.00. The molecular formula is C28H32N2O3. The molecule has 2 aromatic rings. The van der Waals surface area contributed by atoms with Crippen molar-refractivity contribution in [3.63, 3.8) is 0 Å². The third kappa shape index (κ3) is 5.55. The van der Waals surface area contributed by atoms with Gasteiger partial charge in [0.15, 0.2) is 0 Å². The summed E-state index contributed by atoms with van der Waals surface area (Å²) in [5.41, 5.74) is 2.50. The highest BCUT2D eigenvalue weighted by molar-refractivity contribution is 5.97. The van der Waals surface area contributed by atoms with E-state index in [0.29, 0.717) is 29.4 Å². The number of hydrogen-bond donors (Lipinski definition) is 1. The second kappa shape index (κ2) is 11.5. The Labute approximate surface area is 196 Å². The summed E-state index contributed by atoms with van der Waals surface area (Å²) in [5, 5.41) is 29.3. The number of carboxylic acids is 1. The van der Waals surface area contributed by atoms with Gasteiger partial charge in [0.2, 0.25) is 0 Å². The molecule has 5 heteroatoms. The number of benzene rings is 2. The molecule has 0 spiro atoms. The van der Waals surface area contributed by atoms with E-state index in [2.05, 4.69) is 19.1 Å². The monoisotopic (exact) mass is 444 g/mol. The molecule has 0 aliphatic heterocycles. The molecule has 1 N–H and O–H groups in total. The molecule has 172 valence electrons. The molecule has 1 aliphatic carbocycles. The Hall–Kier alpha value is -3.31. The van der Waals surface area contributed by atoms with Crippen LogP contribution in [0.2, 0.25) is 0 Å². The van der Waals surface area contributed by atoms with Crippen LogP contribution in [0.15, 0.2) is 30.3 Å². The van der Waals surface area contributed by atoms with Gasteiger partial charge in [-0.05, 0) is 79.8 Å². The van der Waals surface area contributed by atoms with Crippen molar-refractivity contribution in [3.8, 4) is 29.0 Å². The quantitative estimate of drug-likeness (QED) is 0.418. The highest BCUT2D eigenvalue weighted by atomic mass is 16.5. The van der Waals surface area contributed by atoms with E-state index in [4.69, 9.17) is 4.74 Å². The van der Waals surface area contributed by atoms with Gasteiger partial charge in [-0.3, -0.25) is 0 Å². The van der Waals surface area contributed by atoms with Crippen molar-refractivity contribution in [2.75, 3.05) is 6.61 Å². The van der Waals surface area contributed by atoms with Gasteiger partial charge in [0, 0.05) is 5.56 Å². The molecule has 5 nitrogen and oxygen atoms in total. The first-order valence-electron chi connectivity index (χ1n) is 12.0. The number of nitrogens with zero attached hydrogens (tertiary/aromatic N) is 2. The van der Waals surface area contributed by atoms with E-state index in [1.807, 2.05) is 19.1 Å². The van der Waals surface area contributed by atoms with Gasteiger partial charge in [0.1, 0.15) is 23.5 Å². The summed E-state index contributed by atoms with van der Waals surface area (Å²) in [6.45, 7) is 4.42. The van der Waals surface area contributed by atoms with Crippen molar-refractivity contribution >= 4 is 5.97 Å². The van der Waals surface area contributed by atoms with Crippen molar-refractivity contribution in [2.45, 2.75) is 71.1 Å². The van der Waals surface area contributed by atoms with Crippen molar-refractivity contribution in [2.24, 2.45) is 5.92 Å². The topological polar surface area (TPSA) is 94.1 Å². The minimum atomic E-state index is -1.05. The number of aromatic carboxylic acids is 1. The third-order valence-corrected chi connectivity index (χ3v) is 6.79. The van der Waals surface area contributed by atoms with Gasteiger partial charge in [-0.25, -0.2) is 4.79 Å². The Morgan fingerprint density at radius 1 is 1.00 bits per heavy atom. The number of hydrogen-bond acceptors (Lipinski definition) is 4. The van der Waals surface area contributed by atoms with Gasteiger partial charge in [0.05, 0.1) is 17.7 Å². The minimum Gasteiger partial charge on any atom is -0.492 e. The molecule has 0 heterocycles. The molecule has 1 saturated carbocycles. The van der Waals surface area contributed by atoms with Gasteiger partial charge < -0.3 is 9.84 Å². The first-order valence-corrected chi connectivity index (χ1v) is 12.0. The van der Waals surface area contributed by atoms with Crippen LogP contribution >= 0.6 is 0 Å². The Balaban J connectivity index is 1.96. The van der Waals surface area contributed by atoms with Crippen LogP contribution in [0.5, 0.6) is 5.75 Å². The van der Waals surface area contributed by atoms with Gasteiger partial charge in [-0.15, -0.1) is 0 Å². The Kier molecular flexibility index (Phi) is 8.50. The minimum absolute atomic E-state index is 0.136. The van der Waals surface area contributed by atoms with E-state index in [1.54, 1.807) is 18.2 Å². The van der Waals surface area contributed by atoms with Crippen LogP contribution in [0.25, 0.3) is 11.1 Å². The van der Waals surface area contributed by atoms with Crippen LogP contribution in [0.3, 0.4) is 0 Å². The number of carbonyl (C=O) groups is 1. The second-order valence-corrected chi connectivity index (χ2v) is 8.84. The van der Waals surface area contributed by atoms with E-state index in [0.717, 1.165) is 24.3 Å². The summed E-state index contributed by atoms with van der Waals surface area (Å²) in [7, 11) is 0. The van der Waals surface area contributed by atoms with Crippen molar-refractivity contribution in [1.82, 2.24) is 0 Å². The zero-order chi connectivity index (χ0) is 23.8. The van der Waals surface area contributed by atoms with Crippen LogP contribution in [0.1, 0.15) is 98.2 Å². The zero-order valence-corrected chi connectivity index (χ0v) is 19.6. The number of carboxylic acid groups (broad SMARTS) is 1. The summed E-state index contributed by atoms with van der Waals surface area (Å²) in [6, 6.07) is 13.0. The first kappa shape index (κ1) is 24.3.